The fraction of sp³-hybridized carbons (Fsp3) is 0.182. The van der Waals surface area contributed by atoms with Gasteiger partial charge in [0.2, 0.25) is 21.8 Å². The first-order valence-electron chi connectivity index (χ1n) is 10.2. The highest BCUT2D eigenvalue weighted by atomic mass is 32.2. The Kier molecular flexibility index (Phi) is 6.24. The van der Waals surface area contributed by atoms with E-state index in [9.17, 15) is 17.6 Å². The topological polar surface area (TPSA) is 130 Å². The number of carbonyl (C=O) groups excluding carboxylic acids is 1. The quantitative estimate of drug-likeness (QED) is 0.324. The van der Waals surface area contributed by atoms with E-state index in [1.54, 1.807) is 38.6 Å². The number of sulfonamides is 1. The molecule has 1 aromatic carbocycles. The van der Waals surface area contributed by atoms with E-state index >= 15 is 4.39 Å². The molecule has 176 valence electrons. The van der Waals surface area contributed by atoms with Crippen LogP contribution < -0.4 is 10.0 Å². The van der Waals surface area contributed by atoms with Gasteiger partial charge in [0, 0.05) is 53.9 Å². The van der Waals surface area contributed by atoms with Gasteiger partial charge in [-0.05, 0) is 24.6 Å². The minimum atomic E-state index is -3.85. The Morgan fingerprint density at radius 2 is 1.79 bits per heavy atom. The van der Waals surface area contributed by atoms with Crippen molar-refractivity contribution in [1.29, 1.82) is 0 Å². The van der Waals surface area contributed by atoms with Crippen LogP contribution in [0, 0.1) is 11.6 Å². The number of halogens is 2. The second kappa shape index (κ2) is 9.14. The van der Waals surface area contributed by atoms with Crippen molar-refractivity contribution >= 4 is 38.5 Å². The first kappa shape index (κ1) is 23.2. The summed E-state index contributed by atoms with van der Waals surface area (Å²) < 4.78 is 55.9. The lowest BCUT2D eigenvalue weighted by molar-refractivity contribution is 0.103. The molecular weight excluding hydrogens is 466 g/mol. The van der Waals surface area contributed by atoms with E-state index in [0.717, 1.165) is 12.1 Å². The molecule has 4 aromatic rings. The van der Waals surface area contributed by atoms with E-state index < -0.39 is 38.7 Å². The Bertz CT molecular complexity index is 1490. The molecule has 0 spiro atoms. The highest BCUT2D eigenvalue weighted by Gasteiger charge is 2.26. The number of anilines is 2. The van der Waals surface area contributed by atoms with Crippen LogP contribution in [-0.2, 0) is 10.0 Å². The zero-order valence-electron chi connectivity index (χ0n) is 18.2. The SMILES string of the molecule is CCCS(=O)(=O)Nc1ccc(F)c(C(=O)c2c[nH]c3ncc(-c4cnc(NC)nc4)cc23)c1F. The maximum atomic E-state index is 15.1. The van der Waals surface area contributed by atoms with E-state index in [2.05, 4.69) is 30.0 Å². The number of nitrogens with one attached hydrogen (secondary N) is 3. The van der Waals surface area contributed by atoms with E-state index in [1.807, 2.05) is 0 Å². The van der Waals surface area contributed by atoms with Crippen LogP contribution in [0.25, 0.3) is 22.2 Å². The molecule has 0 unspecified atom stereocenters. The molecule has 3 heterocycles. The van der Waals surface area contributed by atoms with Crippen LogP contribution in [0.5, 0.6) is 0 Å². The molecule has 0 saturated heterocycles. The van der Waals surface area contributed by atoms with Gasteiger partial charge in [-0.2, -0.15) is 0 Å². The van der Waals surface area contributed by atoms with Crippen LogP contribution in [0.15, 0.2) is 43.0 Å². The van der Waals surface area contributed by atoms with Crippen molar-refractivity contribution in [3.8, 4) is 11.1 Å². The van der Waals surface area contributed by atoms with Gasteiger partial charge in [-0.25, -0.2) is 32.2 Å². The van der Waals surface area contributed by atoms with Gasteiger partial charge in [0.1, 0.15) is 11.5 Å². The smallest absolute Gasteiger partial charge is 0.232 e. The van der Waals surface area contributed by atoms with Gasteiger partial charge in [0.15, 0.2) is 5.82 Å². The number of pyridine rings is 1. The van der Waals surface area contributed by atoms with Gasteiger partial charge < -0.3 is 10.3 Å². The van der Waals surface area contributed by atoms with E-state index in [0.29, 0.717) is 34.5 Å². The van der Waals surface area contributed by atoms with Crippen LogP contribution in [-0.4, -0.2) is 46.9 Å². The lowest BCUT2D eigenvalue weighted by Crippen LogP contribution is -2.18. The first-order valence-corrected chi connectivity index (χ1v) is 11.9. The summed E-state index contributed by atoms with van der Waals surface area (Å²) in [4.78, 5) is 28.6. The Morgan fingerprint density at radius 1 is 1.09 bits per heavy atom. The van der Waals surface area contributed by atoms with E-state index in [4.69, 9.17) is 0 Å². The number of ketones is 1. The molecular formula is C22H20F2N6O3S. The molecule has 0 radical (unpaired) electrons. The molecule has 0 bridgehead atoms. The number of hydrogen-bond donors (Lipinski definition) is 3. The molecule has 12 heteroatoms. The summed E-state index contributed by atoms with van der Waals surface area (Å²) in [6.07, 6.45) is 6.30. The van der Waals surface area contributed by atoms with Gasteiger partial charge in [0.05, 0.1) is 17.0 Å². The largest absolute Gasteiger partial charge is 0.357 e. The molecule has 0 aliphatic rings. The lowest BCUT2D eigenvalue weighted by Gasteiger charge is -2.11. The van der Waals surface area contributed by atoms with Crippen molar-refractivity contribution in [2.24, 2.45) is 0 Å². The number of benzene rings is 1. The third-order valence-electron chi connectivity index (χ3n) is 5.04. The maximum Gasteiger partial charge on any atom is 0.232 e. The van der Waals surface area contributed by atoms with Gasteiger partial charge in [0.25, 0.3) is 0 Å². The summed E-state index contributed by atoms with van der Waals surface area (Å²) in [7, 11) is -2.17. The fourth-order valence-corrected chi connectivity index (χ4v) is 4.55. The van der Waals surface area contributed by atoms with E-state index in [1.165, 1.54) is 6.20 Å². The summed E-state index contributed by atoms with van der Waals surface area (Å²) in [5.41, 5.74) is 0.149. The van der Waals surface area contributed by atoms with Gasteiger partial charge in [-0.1, -0.05) is 6.92 Å². The molecule has 0 fully saturated rings. The third kappa shape index (κ3) is 4.44. The van der Waals surface area contributed by atoms with Crippen molar-refractivity contribution in [3.63, 3.8) is 0 Å². The molecule has 4 rings (SSSR count). The molecule has 0 saturated carbocycles. The minimum absolute atomic E-state index is 0.0246. The van der Waals surface area contributed by atoms with Gasteiger partial charge in [-0.15, -0.1) is 0 Å². The van der Waals surface area contributed by atoms with Crippen LogP contribution >= 0.6 is 0 Å². The molecule has 34 heavy (non-hydrogen) atoms. The normalized spacial score (nSPS) is 11.5. The van der Waals surface area contributed by atoms with Crippen molar-refractivity contribution in [2.45, 2.75) is 13.3 Å². The van der Waals surface area contributed by atoms with Crippen LogP contribution in [0.2, 0.25) is 0 Å². The standard InChI is InChI=1S/C22H20F2N6O3S/c1-3-6-34(32,33)30-17-5-4-16(23)18(19(17)24)20(31)15-11-27-21-14(15)7-12(8-26-21)13-9-28-22(25-2)29-10-13/h4-5,7-11,30H,3,6H2,1-2H3,(H,26,27)(H,25,28,29). The Morgan fingerprint density at radius 3 is 2.47 bits per heavy atom. The van der Waals surface area contributed by atoms with Crippen molar-refractivity contribution in [1.82, 2.24) is 19.9 Å². The lowest BCUT2D eigenvalue weighted by atomic mass is 10.0. The molecule has 0 amide bonds. The molecule has 0 atom stereocenters. The van der Waals surface area contributed by atoms with Crippen molar-refractivity contribution in [3.05, 3.63) is 65.7 Å². The number of aromatic nitrogens is 4. The Balaban J connectivity index is 1.76. The monoisotopic (exact) mass is 486 g/mol. The van der Waals surface area contributed by atoms with Crippen LogP contribution in [0.4, 0.5) is 20.4 Å². The highest BCUT2D eigenvalue weighted by Crippen LogP contribution is 2.29. The van der Waals surface area contributed by atoms with E-state index in [-0.39, 0.29) is 11.3 Å². The average molecular weight is 487 g/mol. The number of fused-ring (bicyclic) bond motifs is 1. The zero-order valence-corrected chi connectivity index (χ0v) is 19.0. The average Bonchev–Trinajstić information content (AvgIpc) is 3.24. The number of H-pyrrole nitrogens is 1. The maximum absolute atomic E-state index is 15.1. The summed E-state index contributed by atoms with van der Waals surface area (Å²) >= 11 is 0. The Labute approximate surface area is 193 Å². The molecule has 0 aliphatic carbocycles. The number of hydrogen-bond acceptors (Lipinski definition) is 7. The minimum Gasteiger partial charge on any atom is -0.357 e. The highest BCUT2D eigenvalue weighted by molar-refractivity contribution is 7.92. The fourth-order valence-electron chi connectivity index (χ4n) is 3.42. The second-order valence-electron chi connectivity index (χ2n) is 7.40. The van der Waals surface area contributed by atoms with Crippen molar-refractivity contribution < 1.29 is 22.0 Å². The first-order chi connectivity index (χ1) is 16.2. The van der Waals surface area contributed by atoms with Gasteiger partial charge in [-0.3, -0.25) is 9.52 Å². The predicted octanol–water partition coefficient (Wildman–Crippen LogP) is 3.72. The molecule has 3 N–H and O–H groups in total. The molecule has 9 nitrogen and oxygen atoms in total. The summed E-state index contributed by atoms with van der Waals surface area (Å²) in [6.45, 7) is 1.65. The summed E-state index contributed by atoms with van der Waals surface area (Å²) in [5.74, 6) is -3.19. The number of aromatic amines is 1. The number of nitrogens with zero attached hydrogens (tertiary/aromatic N) is 3. The Hall–Kier alpha value is -3.93. The summed E-state index contributed by atoms with van der Waals surface area (Å²) in [5, 5.41) is 3.14. The van der Waals surface area contributed by atoms with Gasteiger partial charge >= 0.3 is 0 Å². The van der Waals surface area contributed by atoms with Crippen LogP contribution in [0.1, 0.15) is 29.3 Å². The molecule has 0 aliphatic heterocycles. The van der Waals surface area contributed by atoms with Crippen molar-refractivity contribution in [2.75, 3.05) is 22.8 Å². The number of rotatable bonds is 8. The third-order valence-corrected chi connectivity index (χ3v) is 6.52. The zero-order chi connectivity index (χ0) is 24.5. The molecule has 3 aromatic heterocycles. The predicted molar refractivity (Wildman–Crippen MR) is 124 cm³/mol. The number of carbonyl (C=O) groups is 1. The second-order valence-corrected chi connectivity index (χ2v) is 9.24. The van der Waals surface area contributed by atoms with Crippen LogP contribution in [0.3, 0.4) is 0 Å². The summed E-state index contributed by atoms with van der Waals surface area (Å²) in [6, 6.07) is 3.42.